The van der Waals surface area contributed by atoms with E-state index in [-0.39, 0.29) is 0 Å². The van der Waals surface area contributed by atoms with E-state index in [9.17, 15) is 8.42 Å². The van der Waals surface area contributed by atoms with Crippen LogP contribution < -0.4 is 4.90 Å². The fourth-order valence-electron chi connectivity index (χ4n) is 3.93. The van der Waals surface area contributed by atoms with Gasteiger partial charge in [-0.1, -0.05) is 6.42 Å². The van der Waals surface area contributed by atoms with Crippen molar-refractivity contribution in [3.05, 3.63) is 42.4 Å². The van der Waals surface area contributed by atoms with Gasteiger partial charge in [0.25, 0.3) is 0 Å². The van der Waals surface area contributed by atoms with Crippen LogP contribution in [0.5, 0.6) is 0 Å². The zero-order valence-electron chi connectivity index (χ0n) is 16.1. The Hall–Kier alpha value is -2.12. The van der Waals surface area contributed by atoms with E-state index in [1.165, 1.54) is 6.42 Å². The number of benzene rings is 1. The molecule has 0 atom stereocenters. The van der Waals surface area contributed by atoms with Crippen LogP contribution >= 0.6 is 0 Å². The van der Waals surface area contributed by atoms with Crippen molar-refractivity contribution in [1.82, 2.24) is 4.31 Å². The lowest BCUT2D eigenvalue weighted by Crippen LogP contribution is -2.37. The molecule has 0 unspecified atom stereocenters. The van der Waals surface area contributed by atoms with Gasteiger partial charge in [0.05, 0.1) is 23.9 Å². The Morgan fingerprint density at radius 2 is 1.64 bits per heavy atom. The lowest BCUT2D eigenvalue weighted by Gasteiger charge is -2.32. The molecule has 0 bridgehead atoms. The van der Waals surface area contributed by atoms with Crippen molar-refractivity contribution >= 4 is 27.6 Å². The van der Waals surface area contributed by atoms with Crippen LogP contribution in [0.15, 0.2) is 50.9 Å². The van der Waals surface area contributed by atoms with Gasteiger partial charge < -0.3 is 9.32 Å². The van der Waals surface area contributed by atoms with Gasteiger partial charge >= 0.3 is 0 Å². The lowest BCUT2D eigenvalue weighted by atomic mass is 10.1. The van der Waals surface area contributed by atoms with Gasteiger partial charge in [-0.15, -0.1) is 0 Å². The smallest absolute Gasteiger partial charge is 0.245 e. The minimum Gasteiger partial charge on any atom is -0.463 e. The molecule has 1 aromatic carbocycles. The second-order valence-electron chi connectivity index (χ2n) is 7.44. The average molecular weight is 402 g/mol. The van der Waals surface area contributed by atoms with Crippen LogP contribution in [0.3, 0.4) is 0 Å². The summed E-state index contributed by atoms with van der Waals surface area (Å²) >= 11 is 0. The van der Waals surface area contributed by atoms with Crippen LogP contribution in [0.2, 0.25) is 0 Å². The first-order chi connectivity index (χ1) is 13.6. The Balaban J connectivity index is 1.71. The molecule has 0 radical (unpaired) electrons. The molecule has 4 rings (SSSR count). The van der Waals surface area contributed by atoms with Crippen LogP contribution in [0.4, 0.5) is 11.4 Å². The highest BCUT2D eigenvalue weighted by atomic mass is 32.2. The summed E-state index contributed by atoms with van der Waals surface area (Å²) in [4.78, 5) is 7.02. The minimum absolute atomic E-state index is 0.380. The van der Waals surface area contributed by atoms with Crippen molar-refractivity contribution in [3.63, 3.8) is 0 Å². The second-order valence-corrected chi connectivity index (χ2v) is 9.34. The predicted molar refractivity (Wildman–Crippen MR) is 111 cm³/mol. The fourth-order valence-corrected chi connectivity index (χ4v) is 5.68. The fraction of sp³-hybridized carbons (Fsp3) is 0.476. The topological polar surface area (TPSA) is 66.1 Å². The second kappa shape index (κ2) is 8.49. The Bertz CT molecular complexity index is 910. The number of piperidine rings is 2. The molecule has 1 aromatic heterocycles. The molecule has 2 saturated heterocycles. The molecule has 0 spiro atoms. The van der Waals surface area contributed by atoms with Gasteiger partial charge in [-0.3, -0.25) is 4.99 Å². The van der Waals surface area contributed by atoms with Gasteiger partial charge in [-0.2, -0.15) is 4.31 Å². The molecule has 2 aliphatic heterocycles. The van der Waals surface area contributed by atoms with Gasteiger partial charge in [0.2, 0.25) is 10.0 Å². The summed E-state index contributed by atoms with van der Waals surface area (Å²) in [5, 5.41) is 0. The third-order valence-electron chi connectivity index (χ3n) is 5.46. The average Bonchev–Trinajstić information content (AvgIpc) is 3.27. The molecular formula is C21H27N3O3S. The summed E-state index contributed by atoms with van der Waals surface area (Å²) in [7, 11) is -3.54. The van der Waals surface area contributed by atoms with Gasteiger partial charge in [-0.05, 0) is 62.4 Å². The molecule has 7 heteroatoms. The first-order valence-electron chi connectivity index (χ1n) is 10.1. The maximum absolute atomic E-state index is 13.5. The molecule has 6 nitrogen and oxygen atoms in total. The Morgan fingerprint density at radius 3 is 2.32 bits per heavy atom. The number of nitrogens with zero attached hydrogens (tertiary/aromatic N) is 3. The van der Waals surface area contributed by atoms with Crippen LogP contribution in [0.25, 0.3) is 0 Å². The Morgan fingerprint density at radius 1 is 0.929 bits per heavy atom. The number of rotatable bonds is 5. The van der Waals surface area contributed by atoms with E-state index >= 15 is 0 Å². The summed E-state index contributed by atoms with van der Waals surface area (Å²) < 4.78 is 33.9. The van der Waals surface area contributed by atoms with Crippen LogP contribution in [0.1, 0.15) is 44.3 Å². The third-order valence-corrected chi connectivity index (χ3v) is 7.38. The molecule has 0 aliphatic carbocycles. The van der Waals surface area contributed by atoms with Gasteiger partial charge in [0.15, 0.2) is 0 Å². The van der Waals surface area contributed by atoms with E-state index in [1.54, 1.807) is 28.9 Å². The monoisotopic (exact) mass is 401 g/mol. The summed E-state index contributed by atoms with van der Waals surface area (Å²) in [5.41, 5.74) is 1.43. The summed E-state index contributed by atoms with van der Waals surface area (Å²) in [5.74, 6) is 0.639. The molecular weight excluding hydrogens is 374 g/mol. The van der Waals surface area contributed by atoms with Crippen LogP contribution in [0, 0.1) is 0 Å². The molecule has 28 heavy (non-hydrogen) atoms. The first kappa shape index (κ1) is 19.2. The standard InChI is InChI=1S/C21H27N3O3S/c25-28(26,24-13-5-2-6-14-24)21-16-18(22-17-19-8-7-15-27-19)9-10-20(21)23-11-3-1-4-12-23/h7-10,15-17H,1-6,11-14H2. The molecule has 0 amide bonds. The molecule has 150 valence electrons. The van der Waals surface area contributed by atoms with Crippen LogP contribution in [-0.2, 0) is 10.0 Å². The predicted octanol–water partition coefficient (Wildman–Crippen LogP) is 4.20. The van der Waals surface area contributed by atoms with Gasteiger partial charge in [0, 0.05) is 26.2 Å². The van der Waals surface area contributed by atoms with Crippen molar-refractivity contribution in [1.29, 1.82) is 0 Å². The van der Waals surface area contributed by atoms with Crippen molar-refractivity contribution in [2.24, 2.45) is 4.99 Å². The molecule has 0 N–H and O–H groups in total. The van der Waals surface area contributed by atoms with Crippen molar-refractivity contribution in [2.75, 3.05) is 31.1 Å². The van der Waals surface area contributed by atoms with Crippen molar-refractivity contribution in [2.45, 2.75) is 43.4 Å². The summed E-state index contributed by atoms with van der Waals surface area (Å²) in [6, 6.07) is 9.13. The molecule has 0 saturated carbocycles. The van der Waals surface area contributed by atoms with E-state index in [2.05, 4.69) is 9.89 Å². The molecule has 2 fully saturated rings. The minimum atomic E-state index is -3.54. The van der Waals surface area contributed by atoms with Gasteiger partial charge in [0.1, 0.15) is 10.7 Å². The zero-order valence-corrected chi connectivity index (χ0v) is 16.9. The van der Waals surface area contributed by atoms with Crippen molar-refractivity contribution < 1.29 is 12.8 Å². The maximum atomic E-state index is 13.5. The van der Waals surface area contributed by atoms with E-state index in [0.717, 1.165) is 50.9 Å². The molecule has 2 aromatic rings. The number of sulfonamides is 1. The SMILES string of the molecule is O=S(=O)(c1cc(N=Cc2ccco2)ccc1N1CCCCC1)N1CCCCC1. The van der Waals surface area contributed by atoms with Gasteiger partial charge in [-0.25, -0.2) is 8.42 Å². The number of anilines is 1. The van der Waals surface area contributed by atoms with E-state index in [4.69, 9.17) is 4.42 Å². The number of furan rings is 1. The van der Waals surface area contributed by atoms with Crippen molar-refractivity contribution in [3.8, 4) is 0 Å². The highest BCUT2D eigenvalue weighted by Gasteiger charge is 2.30. The maximum Gasteiger partial charge on any atom is 0.245 e. The number of hydrogen-bond acceptors (Lipinski definition) is 5. The summed E-state index contributed by atoms with van der Waals surface area (Å²) in [6.07, 6.45) is 9.56. The largest absolute Gasteiger partial charge is 0.463 e. The third kappa shape index (κ3) is 4.15. The van der Waals surface area contributed by atoms with E-state index < -0.39 is 10.0 Å². The highest BCUT2D eigenvalue weighted by molar-refractivity contribution is 7.89. The lowest BCUT2D eigenvalue weighted by molar-refractivity contribution is 0.346. The van der Waals surface area contributed by atoms with E-state index in [0.29, 0.717) is 29.4 Å². The normalized spacial score (nSPS) is 19.4. The quantitative estimate of drug-likeness (QED) is 0.705. The number of hydrogen-bond donors (Lipinski definition) is 0. The van der Waals surface area contributed by atoms with Crippen LogP contribution in [-0.4, -0.2) is 45.1 Å². The number of aliphatic imine (C=N–C) groups is 1. The Labute approximate surface area is 166 Å². The first-order valence-corrected chi connectivity index (χ1v) is 11.6. The summed E-state index contributed by atoms with van der Waals surface area (Å²) in [6.45, 7) is 3.00. The molecule has 2 aliphatic rings. The Kier molecular flexibility index (Phi) is 5.82. The highest BCUT2D eigenvalue weighted by Crippen LogP contribution is 2.34. The zero-order chi connectivity index (χ0) is 19.4. The van der Waals surface area contributed by atoms with E-state index in [1.807, 2.05) is 18.2 Å². The molecule has 3 heterocycles.